The summed E-state index contributed by atoms with van der Waals surface area (Å²) in [4.78, 5) is 24.6. The third kappa shape index (κ3) is 2.35. The SMILES string of the molecule is C[C@H](C(=O)O)[C@H]1[C@H]([C@@H](C)O)C(=O)N1Cc1ccco1. The Bertz CT molecular complexity index is 467. The van der Waals surface area contributed by atoms with E-state index in [2.05, 4.69) is 0 Å². The van der Waals surface area contributed by atoms with Gasteiger partial charge in [-0.15, -0.1) is 0 Å². The van der Waals surface area contributed by atoms with Gasteiger partial charge in [-0.2, -0.15) is 0 Å². The van der Waals surface area contributed by atoms with E-state index in [4.69, 9.17) is 9.52 Å². The monoisotopic (exact) mass is 267 g/mol. The number of carboxylic acid groups (broad SMARTS) is 1. The molecule has 6 nitrogen and oxygen atoms in total. The summed E-state index contributed by atoms with van der Waals surface area (Å²) in [5, 5.41) is 18.7. The topological polar surface area (TPSA) is 91.0 Å². The van der Waals surface area contributed by atoms with Crippen molar-refractivity contribution < 1.29 is 24.2 Å². The van der Waals surface area contributed by atoms with E-state index in [1.165, 1.54) is 18.1 Å². The second kappa shape index (κ2) is 5.05. The molecule has 4 atom stereocenters. The van der Waals surface area contributed by atoms with Gasteiger partial charge in [0.05, 0.1) is 36.8 Å². The summed E-state index contributed by atoms with van der Waals surface area (Å²) in [5.41, 5.74) is 0. The summed E-state index contributed by atoms with van der Waals surface area (Å²) in [6, 6.07) is 2.93. The van der Waals surface area contributed by atoms with Crippen LogP contribution in [0, 0.1) is 11.8 Å². The van der Waals surface area contributed by atoms with Crippen molar-refractivity contribution in [3.8, 4) is 0 Å². The van der Waals surface area contributed by atoms with Gasteiger partial charge in [-0.3, -0.25) is 9.59 Å². The molecule has 2 heterocycles. The average Bonchev–Trinajstić information content (AvgIpc) is 2.83. The molecule has 104 valence electrons. The molecule has 1 aliphatic rings. The Morgan fingerprint density at radius 2 is 2.21 bits per heavy atom. The lowest BCUT2D eigenvalue weighted by molar-refractivity contribution is -0.174. The first-order valence-corrected chi connectivity index (χ1v) is 6.17. The highest BCUT2D eigenvalue weighted by molar-refractivity contribution is 5.88. The quantitative estimate of drug-likeness (QED) is 0.767. The van der Waals surface area contributed by atoms with Gasteiger partial charge in [-0.25, -0.2) is 0 Å². The number of likely N-dealkylation sites (tertiary alicyclic amines) is 1. The third-order valence-corrected chi connectivity index (χ3v) is 3.62. The smallest absolute Gasteiger partial charge is 0.308 e. The molecule has 2 N–H and O–H groups in total. The van der Waals surface area contributed by atoms with Crippen molar-refractivity contribution >= 4 is 11.9 Å². The predicted molar refractivity (Wildman–Crippen MR) is 65.0 cm³/mol. The summed E-state index contributed by atoms with van der Waals surface area (Å²) in [7, 11) is 0. The molecule has 19 heavy (non-hydrogen) atoms. The molecule has 1 aliphatic heterocycles. The number of aliphatic hydroxyl groups is 1. The van der Waals surface area contributed by atoms with Crippen LogP contribution in [-0.2, 0) is 16.1 Å². The van der Waals surface area contributed by atoms with Crippen LogP contribution in [0.25, 0.3) is 0 Å². The molecule has 0 bridgehead atoms. The molecule has 0 unspecified atom stereocenters. The van der Waals surface area contributed by atoms with Crippen molar-refractivity contribution in [1.29, 1.82) is 0 Å². The normalized spacial score (nSPS) is 25.8. The summed E-state index contributed by atoms with van der Waals surface area (Å²) in [5.74, 6) is -1.99. The van der Waals surface area contributed by atoms with Gasteiger partial charge >= 0.3 is 5.97 Å². The maximum atomic E-state index is 12.0. The summed E-state index contributed by atoms with van der Waals surface area (Å²) in [6.45, 7) is 3.29. The molecule has 0 spiro atoms. The lowest BCUT2D eigenvalue weighted by Gasteiger charge is -2.49. The second-order valence-corrected chi connectivity index (χ2v) is 4.93. The van der Waals surface area contributed by atoms with Gasteiger partial charge < -0.3 is 19.5 Å². The number of rotatable bonds is 5. The van der Waals surface area contributed by atoms with Crippen LogP contribution in [0.3, 0.4) is 0 Å². The number of aliphatic hydroxyl groups excluding tert-OH is 1. The minimum absolute atomic E-state index is 0.232. The molecule has 6 heteroatoms. The number of amides is 1. The average molecular weight is 267 g/mol. The predicted octanol–water partition coefficient (Wildman–Crippen LogP) is 0.708. The van der Waals surface area contributed by atoms with Crippen LogP contribution in [0.2, 0.25) is 0 Å². The maximum absolute atomic E-state index is 12.0. The van der Waals surface area contributed by atoms with Gasteiger partial charge in [0.25, 0.3) is 0 Å². The Morgan fingerprint density at radius 3 is 2.68 bits per heavy atom. The number of hydrogen-bond acceptors (Lipinski definition) is 4. The Hall–Kier alpha value is -1.82. The number of β-lactam (4-membered cyclic amide) rings is 1. The van der Waals surface area contributed by atoms with Crippen LogP contribution >= 0.6 is 0 Å². The highest BCUT2D eigenvalue weighted by Gasteiger charge is 2.53. The third-order valence-electron chi connectivity index (χ3n) is 3.62. The fourth-order valence-electron chi connectivity index (χ4n) is 2.57. The van der Waals surface area contributed by atoms with Crippen LogP contribution in [0.5, 0.6) is 0 Å². The van der Waals surface area contributed by atoms with Crippen LogP contribution < -0.4 is 0 Å². The van der Waals surface area contributed by atoms with Crippen molar-refractivity contribution in [2.45, 2.75) is 32.5 Å². The zero-order valence-corrected chi connectivity index (χ0v) is 10.8. The van der Waals surface area contributed by atoms with Crippen LogP contribution in [0.4, 0.5) is 0 Å². The molecule has 1 fully saturated rings. The number of carbonyl (C=O) groups is 2. The first-order valence-electron chi connectivity index (χ1n) is 6.17. The van der Waals surface area contributed by atoms with E-state index >= 15 is 0 Å². The lowest BCUT2D eigenvalue weighted by atomic mass is 9.76. The van der Waals surface area contributed by atoms with Crippen LogP contribution in [0.15, 0.2) is 22.8 Å². The second-order valence-electron chi connectivity index (χ2n) is 4.93. The van der Waals surface area contributed by atoms with E-state index in [-0.39, 0.29) is 12.5 Å². The molecule has 0 aliphatic carbocycles. The Labute approximate surface area is 110 Å². The van der Waals surface area contributed by atoms with Gasteiger partial charge in [0, 0.05) is 0 Å². The van der Waals surface area contributed by atoms with Gasteiger partial charge in [-0.05, 0) is 26.0 Å². The van der Waals surface area contributed by atoms with Crippen molar-refractivity contribution in [3.63, 3.8) is 0 Å². The lowest BCUT2D eigenvalue weighted by Crippen LogP contribution is -2.66. The fraction of sp³-hybridized carbons (Fsp3) is 0.538. The van der Waals surface area contributed by atoms with Crippen molar-refractivity contribution in [3.05, 3.63) is 24.2 Å². The standard InChI is InChI=1S/C13H17NO5/c1-7(13(17)18)11-10(8(2)15)12(16)14(11)6-9-4-3-5-19-9/h3-5,7-8,10-11,15H,6H2,1-2H3,(H,17,18)/t7-,8+,10-,11-/m0/s1. The molecule has 2 rings (SSSR count). The number of carboxylic acids is 1. The van der Waals surface area contributed by atoms with Crippen molar-refractivity contribution in [2.75, 3.05) is 0 Å². The molecular weight excluding hydrogens is 250 g/mol. The molecule has 1 saturated heterocycles. The van der Waals surface area contributed by atoms with E-state index in [0.29, 0.717) is 5.76 Å². The van der Waals surface area contributed by atoms with E-state index in [0.717, 1.165) is 0 Å². The number of nitrogens with zero attached hydrogens (tertiary/aromatic N) is 1. The van der Waals surface area contributed by atoms with Crippen molar-refractivity contribution in [1.82, 2.24) is 4.90 Å². The molecule has 0 radical (unpaired) electrons. The molecule has 1 aromatic heterocycles. The van der Waals surface area contributed by atoms with E-state index in [1.54, 1.807) is 19.1 Å². The first kappa shape index (κ1) is 13.6. The van der Waals surface area contributed by atoms with E-state index in [9.17, 15) is 14.7 Å². The highest BCUT2D eigenvalue weighted by Crippen LogP contribution is 2.36. The fourth-order valence-corrected chi connectivity index (χ4v) is 2.57. The van der Waals surface area contributed by atoms with Gasteiger partial charge in [0.2, 0.25) is 5.91 Å². The Balaban J connectivity index is 2.17. The molecule has 0 aromatic carbocycles. The number of carbonyl (C=O) groups excluding carboxylic acids is 1. The largest absolute Gasteiger partial charge is 0.481 e. The van der Waals surface area contributed by atoms with Gasteiger partial charge in [-0.1, -0.05) is 0 Å². The summed E-state index contributed by atoms with van der Waals surface area (Å²) in [6.07, 6.45) is 0.647. The minimum atomic E-state index is -0.979. The number of aliphatic carboxylic acids is 1. The summed E-state index contributed by atoms with van der Waals surface area (Å²) < 4.78 is 5.17. The molecule has 1 amide bonds. The van der Waals surface area contributed by atoms with Crippen LogP contribution in [-0.4, -0.2) is 39.1 Å². The Morgan fingerprint density at radius 1 is 1.53 bits per heavy atom. The molecule has 1 aromatic rings. The number of furan rings is 1. The van der Waals surface area contributed by atoms with E-state index in [1.807, 2.05) is 0 Å². The van der Waals surface area contributed by atoms with Crippen molar-refractivity contribution in [2.24, 2.45) is 11.8 Å². The zero-order chi connectivity index (χ0) is 14.2. The van der Waals surface area contributed by atoms with Gasteiger partial charge in [0.1, 0.15) is 5.76 Å². The minimum Gasteiger partial charge on any atom is -0.481 e. The molecule has 0 saturated carbocycles. The van der Waals surface area contributed by atoms with Crippen LogP contribution in [0.1, 0.15) is 19.6 Å². The maximum Gasteiger partial charge on any atom is 0.308 e. The highest BCUT2D eigenvalue weighted by atomic mass is 16.4. The number of hydrogen-bond donors (Lipinski definition) is 2. The summed E-state index contributed by atoms with van der Waals surface area (Å²) >= 11 is 0. The zero-order valence-electron chi connectivity index (χ0n) is 10.8. The Kier molecular flexibility index (Phi) is 3.61. The van der Waals surface area contributed by atoms with E-state index < -0.39 is 30.0 Å². The molecular formula is C13H17NO5. The first-order chi connectivity index (χ1) is 8.93. The van der Waals surface area contributed by atoms with Gasteiger partial charge in [0.15, 0.2) is 0 Å².